The second-order valence-electron chi connectivity index (χ2n) is 4.84. The van der Waals surface area contributed by atoms with Gasteiger partial charge < -0.3 is 10.2 Å². The molecule has 2 aliphatic rings. The maximum atomic E-state index is 11.1. The second-order valence-corrected chi connectivity index (χ2v) is 4.84. The molecule has 1 saturated heterocycles. The molecule has 0 saturated carbocycles. The van der Waals surface area contributed by atoms with Crippen LogP contribution in [0.15, 0.2) is 18.2 Å². The number of nitro benzene ring substituents is 1. The number of aliphatic hydroxyl groups is 2. The summed E-state index contributed by atoms with van der Waals surface area (Å²) in [5.41, 5.74) is 1.20. The standard InChI is InChI=1S/C12H14N2O4/c15-7-4-5-13-10(6-7)11-8(12(13)16)2-1-3-9(11)14(17)18/h1-3,7,10,12,15-16H,4-6H2. The van der Waals surface area contributed by atoms with Crippen molar-refractivity contribution in [3.63, 3.8) is 0 Å². The summed E-state index contributed by atoms with van der Waals surface area (Å²) >= 11 is 0. The van der Waals surface area contributed by atoms with Crippen LogP contribution in [-0.2, 0) is 0 Å². The van der Waals surface area contributed by atoms with E-state index in [1.54, 1.807) is 12.1 Å². The topological polar surface area (TPSA) is 86.8 Å². The van der Waals surface area contributed by atoms with Gasteiger partial charge >= 0.3 is 0 Å². The molecule has 1 aromatic carbocycles. The lowest BCUT2D eigenvalue weighted by Gasteiger charge is -2.34. The van der Waals surface area contributed by atoms with Gasteiger partial charge in [0.2, 0.25) is 0 Å². The molecule has 3 rings (SSSR count). The van der Waals surface area contributed by atoms with Crippen molar-refractivity contribution in [1.82, 2.24) is 4.90 Å². The van der Waals surface area contributed by atoms with Gasteiger partial charge in [-0.25, -0.2) is 0 Å². The van der Waals surface area contributed by atoms with Crippen molar-refractivity contribution in [2.45, 2.75) is 31.2 Å². The van der Waals surface area contributed by atoms with E-state index in [2.05, 4.69) is 0 Å². The average molecular weight is 250 g/mol. The predicted octanol–water partition coefficient (Wildman–Crippen LogP) is 1.10. The Morgan fingerprint density at radius 3 is 2.89 bits per heavy atom. The molecule has 0 radical (unpaired) electrons. The lowest BCUT2D eigenvalue weighted by Crippen LogP contribution is -2.36. The zero-order chi connectivity index (χ0) is 12.9. The lowest BCUT2D eigenvalue weighted by molar-refractivity contribution is -0.385. The van der Waals surface area contributed by atoms with Crippen molar-refractivity contribution in [1.29, 1.82) is 0 Å². The van der Waals surface area contributed by atoms with Crippen molar-refractivity contribution in [2.75, 3.05) is 6.54 Å². The highest BCUT2D eigenvalue weighted by Gasteiger charge is 2.44. The first kappa shape index (κ1) is 11.6. The molecule has 1 aromatic rings. The van der Waals surface area contributed by atoms with E-state index in [1.807, 2.05) is 4.90 Å². The first-order valence-electron chi connectivity index (χ1n) is 5.98. The van der Waals surface area contributed by atoms with Gasteiger partial charge in [-0.3, -0.25) is 15.0 Å². The summed E-state index contributed by atoms with van der Waals surface area (Å²) in [5, 5.41) is 31.0. The molecule has 2 N–H and O–H groups in total. The van der Waals surface area contributed by atoms with Gasteiger partial charge in [0.05, 0.1) is 16.6 Å². The largest absolute Gasteiger partial charge is 0.393 e. The second kappa shape index (κ2) is 4.01. The molecule has 0 aliphatic carbocycles. The zero-order valence-corrected chi connectivity index (χ0v) is 9.69. The highest BCUT2D eigenvalue weighted by Crippen LogP contribution is 2.48. The van der Waals surface area contributed by atoms with Crippen LogP contribution >= 0.6 is 0 Å². The van der Waals surface area contributed by atoms with E-state index in [0.29, 0.717) is 30.5 Å². The third-order valence-corrected chi connectivity index (χ3v) is 3.86. The Hall–Kier alpha value is -1.50. The fourth-order valence-corrected chi connectivity index (χ4v) is 3.04. The van der Waals surface area contributed by atoms with Gasteiger partial charge in [-0.2, -0.15) is 0 Å². The molecule has 3 unspecified atom stereocenters. The Morgan fingerprint density at radius 1 is 1.39 bits per heavy atom. The van der Waals surface area contributed by atoms with Crippen molar-refractivity contribution in [2.24, 2.45) is 0 Å². The molecular formula is C12H14N2O4. The SMILES string of the molecule is O=[N+]([O-])c1cccc2c1C1CC(O)CCN1C2O. The van der Waals surface area contributed by atoms with Crippen LogP contribution in [0.5, 0.6) is 0 Å². The quantitative estimate of drug-likeness (QED) is 0.575. The Kier molecular flexibility index (Phi) is 2.58. The molecular weight excluding hydrogens is 236 g/mol. The molecule has 96 valence electrons. The van der Waals surface area contributed by atoms with Crippen LogP contribution in [0, 0.1) is 10.1 Å². The summed E-state index contributed by atoms with van der Waals surface area (Å²) < 4.78 is 0. The summed E-state index contributed by atoms with van der Waals surface area (Å²) in [6.07, 6.45) is -0.217. The lowest BCUT2D eigenvalue weighted by atomic mass is 9.94. The molecule has 6 nitrogen and oxygen atoms in total. The van der Waals surface area contributed by atoms with E-state index >= 15 is 0 Å². The van der Waals surface area contributed by atoms with E-state index in [-0.39, 0.29) is 11.7 Å². The van der Waals surface area contributed by atoms with Crippen LogP contribution in [-0.4, -0.2) is 32.7 Å². The number of rotatable bonds is 1. The smallest absolute Gasteiger partial charge is 0.274 e. The minimum absolute atomic E-state index is 0.0353. The van der Waals surface area contributed by atoms with E-state index in [0.717, 1.165) is 0 Å². The van der Waals surface area contributed by atoms with Crippen molar-refractivity contribution in [3.8, 4) is 0 Å². The fraction of sp³-hybridized carbons (Fsp3) is 0.500. The van der Waals surface area contributed by atoms with Crippen LogP contribution in [0.1, 0.15) is 36.2 Å². The van der Waals surface area contributed by atoms with Crippen LogP contribution in [0.4, 0.5) is 5.69 Å². The van der Waals surface area contributed by atoms with E-state index in [1.165, 1.54) is 6.07 Å². The maximum Gasteiger partial charge on any atom is 0.274 e. The molecule has 0 bridgehead atoms. The summed E-state index contributed by atoms with van der Waals surface area (Å²) in [6, 6.07) is 4.52. The number of fused-ring (bicyclic) bond motifs is 3. The van der Waals surface area contributed by atoms with Gasteiger partial charge in [0.15, 0.2) is 0 Å². The molecule has 6 heteroatoms. The average Bonchev–Trinajstić information content (AvgIpc) is 2.63. The number of hydrogen-bond donors (Lipinski definition) is 2. The first-order chi connectivity index (χ1) is 8.59. The summed E-state index contributed by atoms with van der Waals surface area (Å²) in [6.45, 7) is 0.554. The van der Waals surface area contributed by atoms with Gasteiger partial charge in [0, 0.05) is 24.2 Å². The molecule has 2 aliphatic heterocycles. The van der Waals surface area contributed by atoms with E-state index in [4.69, 9.17) is 0 Å². The third-order valence-electron chi connectivity index (χ3n) is 3.86. The molecule has 18 heavy (non-hydrogen) atoms. The predicted molar refractivity (Wildman–Crippen MR) is 62.7 cm³/mol. The van der Waals surface area contributed by atoms with E-state index < -0.39 is 17.3 Å². The van der Waals surface area contributed by atoms with Crippen molar-refractivity contribution >= 4 is 5.69 Å². The molecule has 0 aromatic heterocycles. The van der Waals surface area contributed by atoms with Gasteiger partial charge in [-0.05, 0) is 12.8 Å². The highest BCUT2D eigenvalue weighted by molar-refractivity contribution is 5.51. The summed E-state index contributed by atoms with van der Waals surface area (Å²) in [5.74, 6) is 0. The number of aliphatic hydroxyl groups excluding tert-OH is 2. The monoisotopic (exact) mass is 250 g/mol. The Balaban J connectivity index is 2.12. The number of nitro groups is 1. The Labute approximate surface area is 104 Å². The number of hydrogen-bond acceptors (Lipinski definition) is 5. The summed E-state index contributed by atoms with van der Waals surface area (Å²) in [4.78, 5) is 12.5. The normalized spacial score (nSPS) is 30.9. The molecule has 0 amide bonds. The van der Waals surface area contributed by atoms with Gasteiger partial charge in [0.1, 0.15) is 6.23 Å². The van der Waals surface area contributed by atoms with Gasteiger partial charge in [-0.15, -0.1) is 0 Å². The number of benzene rings is 1. The van der Waals surface area contributed by atoms with Crippen LogP contribution < -0.4 is 0 Å². The fourth-order valence-electron chi connectivity index (χ4n) is 3.04. The Bertz CT molecular complexity index is 505. The minimum atomic E-state index is -0.794. The van der Waals surface area contributed by atoms with E-state index in [9.17, 15) is 20.3 Å². The molecule has 2 heterocycles. The molecule has 1 fully saturated rings. The van der Waals surface area contributed by atoms with Crippen LogP contribution in [0.2, 0.25) is 0 Å². The minimum Gasteiger partial charge on any atom is -0.393 e. The Morgan fingerprint density at radius 2 is 2.17 bits per heavy atom. The van der Waals surface area contributed by atoms with Crippen LogP contribution in [0.3, 0.4) is 0 Å². The van der Waals surface area contributed by atoms with Gasteiger partial charge in [0.25, 0.3) is 5.69 Å². The highest BCUT2D eigenvalue weighted by atomic mass is 16.6. The summed E-state index contributed by atoms with van der Waals surface area (Å²) in [7, 11) is 0. The van der Waals surface area contributed by atoms with Crippen molar-refractivity contribution < 1.29 is 15.1 Å². The van der Waals surface area contributed by atoms with Crippen LogP contribution in [0.25, 0.3) is 0 Å². The zero-order valence-electron chi connectivity index (χ0n) is 9.69. The number of piperidine rings is 1. The van der Waals surface area contributed by atoms with Gasteiger partial charge in [-0.1, -0.05) is 12.1 Å². The third kappa shape index (κ3) is 1.53. The molecule has 3 atom stereocenters. The maximum absolute atomic E-state index is 11.1. The first-order valence-corrected chi connectivity index (χ1v) is 5.98. The molecule has 0 spiro atoms. The number of nitrogens with zero attached hydrogens (tertiary/aromatic N) is 2. The van der Waals surface area contributed by atoms with Crippen molar-refractivity contribution in [3.05, 3.63) is 39.4 Å².